The van der Waals surface area contributed by atoms with Crippen molar-refractivity contribution in [3.8, 4) is 11.4 Å². The predicted octanol–water partition coefficient (Wildman–Crippen LogP) is 0.888. The molecule has 3 aliphatic rings. The Morgan fingerprint density at radius 2 is 2.03 bits per heavy atom. The number of likely N-dealkylation sites (tertiary alicyclic amines) is 2. The van der Waals surface area contributed by atoms with Crippen LogP contribution < -0.4 is 5.56 Å². The lowest BCUT2D eigenvalue weighted by atomic mass is 9.82. The van der Waals surface area contributed by atoms with Crippen LogP contribution in [0.25, 0.3) is 11.4 Å². The van der Waals surface area contributed by atoms with Crippen molar-refractivity contribution in [1.82, 2.24) is 24.3 Å². The number of aromatic nitrogens is 3. The molecule has 2 fully saturated rings. The molecule has 0 aromatic carbocycles. The Morgan fingerprint density at radius 1 is 1.20 bits per heavy atom. The van der Waals surface area contributed by atoms with E-state index >= 15 is 0 Å². The first kappa shape index (κ1) is 19.5. The maximum atomic E-state index is 13.2. The highest BCUT2D eigenvalue weighted by Crippen LogP contribution is 2.36. The number of imidazole rings is 1. The van der Waals surface area contributed by atoms with Crippen molar-refractivity contribution < 1.29 is 9.90 Å². The Labute approximate surface area is 175 Å². The van der Waals surface area contributed by atoms with Gasteiger partial charge in [0.25, 0.3) is 5.56 Å². The fraction of sp³-hybridized carbons (Fsp3) is 0.591. The molecule has 5 rings (SSSR count). The Kier molecular flexibility index (Phi) is 5.20. The van der Waals surface area contributed by atoms with Crippen LogP contribution in [0, 0.1) is 11.8 Å². The molecule has 0 saturated carbocycles. The van der Waals surface area contributed by atoms with Gasteiger partial charge in [-0.25, -0.2) is 4.98 Å². The number of carbonyl (C=O) groups is 1. The van der Waals surface area contributed by atoms with Crippen LogP contribution in [-0.2, 0) is 11.3 Å². The average Bonchev–Trinajstić information content (AvgIpc) is 3.29. The SMILES string of the molecule is O=C(C1CCN(CCO)CC1)N1C[C@@H]2C[C@H](C1)c1ccc(-c3ncc[nH]3)c(=O)n1C2. The third kappa shape index (κ3) is 3.48. The molecule has 30 heavy (non-hydrogen) atoms. The molecule has 0 unspecified atom stereocenters. The molecule has 0 aliphatic carbocycles. The standard InChI is InChI=1S/C22H29N5O3/c28-10-9-25-7-3-16(4-8-25)21(29)26-12-15-11-17(14-26)19-2-1-18(20-23-5-6-24-20)22(30)27(19)13-15/h1-2,5-6,15-17,28H,3-4,7-14H2,(H,23,24)/t15-,17+/m0/s1. The molecule has 8 nitrogen and oxygen atoms in total. The molecule has 1 amide bonds. The van der Waals surface area contributed by atoms with E-state index < -0.39 is 0 Å². The first-order valence-corrected chi connectivity index (χ1v) is 11.0. The van der Waals surface area contributed by atoms with Crippen LogP contribution >= 0.6 is 0 Å². The van der Waals surface area contributed by atoms with Gasteiger partial charge in [0, 0.05) is 56.1 Å². The van der Waals surface area contributed by atoms with Crippen molar-refractivity contribution in [3.63, 3.8) is 0 Å². The van der Waals surface area contributed by atoms with Crippen LogP contribution in [0.3, 0.4) is 0 Å². The van der Waals surface area contributed by atoms with Crippen molar-refractivity contribution in [2.24, 2.45) is 11.8 Å². The van der Waals surface area contributed by atoms with E-state index in [4.69, 9.17) is 5.11 Å². The average molecular weight is 412 g/mol. The summed E-state index contributed by atoms with van der Waals surface area (Å²) in [7, 11) is 0. The molecule has 2 saturated heterocycles. The molecular formula is C22H29N5O3. The molecule has 2 atom stereocenters. The number of piperidine rings is 2. The number of pyridine rings is 1. The smallest absolute Gasteiger partial charge is 0.261 e. The van der Waals surface area contributed by atoms with Gasteiger partial charge in [-0.1, -0.05) is 0 Å². The normalized spacial score (nSPS) is 24.6. The monoisotopic (exact) mass is 411 g/mol. The molecule has 160 valence electrons. The fourth-order valence-corrected chi connectivity index (χ4v) is 5.52. The third-order valence-corrected chi connectivity index (χ3v) is 7.02. The van der Waals surface area contributed by atoms with Gasteiger partial charge >= 0.3 is 0 Å². The van der Waals surface area contributed by atoms with Gasteiger partial charge in [-0.3, -0.25) is 9.59 Å². The number of rotatable bonds is 4. The number of aliphatic hydroxyl groups excluding tert-OH is 1. The van der Waals surface area contributed by atoms with Crippen LogP contribution in [-0.4, -0.2) is 74.7 Å². The number of β-amino-alcohol motifs (C(OH)–C–C–N with tert-alkyl or cyclic N) is 1. The van der Waals surface area contributed by atoms with Crippen LogP contribution in [0.4, 0.5) is 0 Å². The van der Waals surface area contributed by atoms with Gasteiger partial charge in [-0.2, -0.15) is 0 Å². The second-order valence-corrected chi connectivity index (χ2v) is 8.91. The van der Waals surface area contributed by atoms with E-state index in [9.17, 15) is 9.59 Å². The Hall–Kier alpha value is -2.45. The molecule has 0 spiro atoms. The van der Waals surface area contributed by atoms with Crippen molar-refractivity contribution in [1.29, 1.82) is 0 Å². The quantitative estimate of drug-likeness (QED) is 0.779. The largest absolute Gasteiger partial charge is 0.395 e. The van der Waals surface area contributed by atoms with Crippen LogP contribution in [0.2, 0.25) is 0 Å². The maximum Gasteiger partial charge on any atom is 0.261 e. The first-order chi connectivity index (χ1) is 14.6. The fourth-order valence-electron chi connectivity index (χ4n) is 5.52. The second-order valence-electron chi connectivity index (χ2n) is 8.91. The van der Waals surface area contributed by atoms with Crippen molar-refractivity contribution in [2.45, 2.75) is 31.7 Å². The molecule has 2 aromatic heterocycles. The van der Waals surface area contributed by atoms with E-state index in [1.807, 2.05) is 16.7 Å². The van der Waals surface area contributed by atoms with Crippen LogP contribution in [0.1, 0.15) is 30.9 Å². The Balaban J connectivity index is 1.32. The topological polar surface area (TPSA) is 94.5 Å². The molecule has 3 aliphatic heterocycles. The summed E-state index contributed by atoms with van der Waals surface area (Å²) in [5, 5.41) is 9.11. The highest BCUT2D eigenvalue weighted by atomic mass is 16.3. The number of nitrogens with one attached hydrogen (secondary N) is 1. The van der Waals surface area contributed by atoms with Gasteiger partial charge in [-0.15, -0.1) is 0 Å². The molecule has 0 radical (unpaired) electrons. The molecule has 8 heteroatoms. The summed E-state index contributed by atoms with van der Waals surface area (Å²) in [6.07, 6.45) is 6.16. The zero-order valence-electron chi connectivity index (χ0n) is 17.2. The number of hydrogen-bond donors (Lipinski definition) is 2. The van der Waals surface area contributed by atoms with E-state index in [1.54, 1.807) is 12.4 Å². The van der Waals surface area contributed by atoms with Crippen LogP contribution in [0.5, 0.6) is 0 Å². The summed E-state index contributed by atoms with van der Waals surface area (Å²) in [5.74, 6) is 1.50. The van der Waals surface area contributed by atoms with Crippen LogP contribution in [0.15, 0.2) is 29.3 Å². The minimum atomic E-state index is 0.00758. The summed E-state index contributed by atoms with van der Waals surface area (Å²) in [5.41, 5.74) is 1.65. The summed E-state index contributed by atoms with van der Waals surface area (Å²) >= 11 is 0. The number of carbonyl (C=O) groups excluding carboxylic acids is 1. The number of hydrogen-bond acceptors (Lipinski definition) is 5. The van der Waals surface area contributed by atoms with Gasteiger partial charge in [-0.05, 0) is 50.4 Å². The third-order valence-electron chi connectivity index (χ3n) is 7.02. The summed E-state index contributed by atoms with van der Waals surface area (Å²) in [4.78, 5) is 37.8. The molecule has 2 bridgehead atoms. The highest BCUT2D eigenvalue weighted by Gasteiger charge is 2.39. The number of aromatic amines is 1. The summed E-state index contributed by atoms with van der Waals surface area (Å²) in [6, 6.07) is 3.91. The number of aliphatic hydroxyl groups is 1. The van der Waals surface area contributed by atoms with E-state index in [0.717, 1.165) is 44.6 Å². The zero-order valence-corrected chi connectivity index (χ0v) is 17.2. The van der Waals surface area contributed by atoms with Gasteiger partial charge in [0.2, 0.25) is 5.91 Å². The van der Waals surface area contributed by atoms with Crippen molar-refractivity contribution in [3.05, 3.63) is 40.6 Å². The van der Waals surface area contributed by atoms with E-state index in [2.05, 4.69) is 19.8 Å². The number of fused-ring (bicyclic) bond motifs is 4. The lowest BCUT2D eigenvalue weighted by Crippen LogP contribution is -2.52. The van der Waals surface area contributed by atoms with E-state index in [-0.39, 0.29) is 29.9 Å². The lowest BCUT2D eigenvalue weighted by molar-refractivity contribution is -0.139. The Morgan fingerprint density at radius 3 is 2.77 bits per heavy atom. The molecule has 2 aromatic rings. The summed E-state index contributed by atoms with van der Waals surface area (Å²) in [6.45, 7) is 4.73. The number of nitrogens with zero attached hydrogens (tertiary/aromatic N) is 4. The predicted molar refractivity (Wildman–Crippen MR) is 112 cm³/mol. The van der Waals surface area contributed by atoms with Gasteiger partial charge < -0.3 is 24.5 Å². The Bertz CT molecular complexity index is 962. The second kappa shape index (κ2) is 8.00. The first-order valence-electron chi connectivity index (χ1n) is 11.0. The van der Waals surface area contributed by atoms with Gasteiger partial charge in [0.15, 0.2) is 0 Å². The highest BCUT2D eigenvalue weighted by molar-refractivity contribution is 5.79. The molecular weight excluding hydrogens is 382 g/mol. The van der Waals surface area contributed by atoms with Crippen molar-refractivity contribution >= 4 is 5.91 Å². The maximum absolute atomic E-state index is 13.2. The zero-order chi connectivity index (χ0) is 20.7. The lowest BCUT2D eigenvalue weighted by Gasteiger charge is -2.44. The number of H-pyrrole nitrogens is 1. The minimum absolute atomic E-state index is 0.00758. The number of amides is 1. The minimum Gasteiger partial charge on any atom is -0.395 e. The van der Waals surface area contributed by atoms with E-state index in [1.165, 1.54) is 0 Å². The molecule has 5 heterocycles. The molecule has 2 N–H and O–H groups in total. The van der Waals surface area contributed by atoms with Gasteiger partial charge in [0.1, 0.15) is 5.82 Å². The summed E-state index contributed by atoms with van der Waals surface area (Å²) < 4.78 is 1.91. The van der Waals surface area contributed by atoms with Gasteiger partial charge in [0.05, 0.1) is 12.2 Å². The van der Waals surface area contributed by atoms with E-state index in [0.29, 0.717) is 36.9 Å². The van der Waals surface area contributed by atoms with Crippen molar-refractivity contribution in [2.75, 3.05) is 39.3 Å².